The van der Waals surface area contributed by atoms with E-state index in [0.29, 0.717) is 0 Å². The van der Waals surface area contributed by atoms with Gasteiger partial charge < -0.3 is 41.9 Å². The maximum Gasteiger partial charge on any atom is 1.00 e. The summed E-state index contributed by atoms with van der Waals surface area (Å²) >= 11 is 0. The van der Waals surface area contributed by atoms with Crippen molar-refractivity contribution in [1.29, 1.82) is 0 Å². The Labute approximate surface area is 140 Å². The molecule has 0 aliphatic carbocycles. The zero-order valence-electron chi connectivity index (χ0n) is 3.26. The van der Waals surface area contributed by atoms with Crippen molar-refractivity contribution in [3.05, 3.63) is 0 Å². The predicted octanol–water partition coefficient (Wildman–Crippen LogP) is -12.8. The Morgan fingerprint density at radius 1 is 0.800 bits per heavy atom. The molecule has 0 spiro atoms. The second-order valence-electron chi connectivity index (χ2n) is 0. The molecule has 2 N–H and O–H groups in total. The fourth-order valence-electron chi connectivity index (χ4n) is 0. The summed E-state index contributed by atoms with van der Waals surface area (Å²) in [6, 6.07) is 0. The van der Waals surface area contributed by atoms with E-state index in [1.54, 1.807) is 0 Å². The van der Waals surface area contributed by atoms with Gasteiger partial charge in [-0.3, -0.25) is 0 Å². The first-order chi connectivity index (χ1) is 0. The predicted molar refractivity (Wildman–Crippen MR) is 3.61 cm³/mol. The molecule has 0 heterocycles. The van der Waals surface area contributed by atoms with Gasteiger partial charge in [0.1, 0.15) is 0 Å². The first-order valence-corrected chi connectivity index (χ1v) is 0. The van der Waals surface area contributed by atoms with E-state index >= 15 is 0 Å². The van der Waals surface area contributed by atoms with E-state index in [1.807, 2.05) is 0 Å². The summed E-state index contributed by atoms with van der Waals surface area (Å²) in [7, 11) is 0. The van der Waals surface area contributed by atoms with Gasteiger partial charge in [-0.25, -0.2) is 0 Å². The molecule has 0 unspecified atom stereocenters. The van der Waals surface area contributed by atoms with Crippen LogP contribution in [0.25, 0.3) is 0 Å². The molecule has 5 heteroatoms. The molecule has 0 radical (unpaired) electrons. The number of halogens is 2. The molecular weight excluding hydrogens is 257 g/mol. The third-order valence-electron chi connectivity index (χ3n) is 0. The number of hydrogen-bond acceptors (Lipinski definition) is 0. The van der Waals surface area contributed by atoms with Gasteiger partial charge in [-0.2, -0.15) is 0 Å². The van der Waals surface area contributed by atoms with Crippen molar-refractivity contribution in [3.8, 4) is 0 Å². The van der Waals surface area contributed by atoms with Gasteiger partial charge in [-0.15, -0.1) is 0 Å². The topological polar surface area (TPSA) is 31.5 Å². The first kappa shape index (κ1) is 34.8. The minimum Gasteiger partial charge on any atom is -1.00 e. The fraction of sp³-hybridized carbons (Fsp3) is 0. The van der Waals surface area contributed by atoms with Crippen LogP contribution in [-0.2, 0) is 0 Å². The number of hydrogen-bond donors (Lipinski definition) is 0. The van der Waals surface area contributed by atoms with E-state index in [2.05, 4.69) is 0 Å². The van der Waals surface area contributed by atoms with Crippen LogP contribution in [0.3, 0.4) is 0 Å². The zero-order chi connectivity index (χ0) is 0. The van der Waals surface area contributed by atoms with Crippen LogP contribution >= 0.6 is 0 Å². The van der Waals surface area contributed by atoms with Crippen LogP contribution in [-0.4, -0.2) is 5.48 Å². The second kappa shape index (κ2) is 24.0. The molecule has 0 aromatic rings. The molecule has 24 valence electrons. The maximum atomic E-state index is 0. The third-order valence-corrected chi connectivity index (χ3v) is 0. The summed E-state index contributed by atoms with van der Waals surface area (Å²) < 4.78 is 0. The van der Waals surface area contributed by atoms with E-state index in [0.717, 1.165) is 0 Å². The average molecular weight is 259 g/mol. The van der Waals surface area contributed by atoms with Gasteiger partial charge in [-0.05, 0) is 0 Å². The van der Waals surface area contributed by atoms with E-state index in [9.17, 15) is 0 Å². The van der Waals surface area contributed by atoms with Gasteiger partial charge in [0.2, 0.25) is 0 Å². The Kier molecular flexibility index (Phi) is 167. The minimum atomic E-state index is 0. The Bertz CT molecular complexity index is 9.61. The molecular formula is H2ClIK2O. The molecule has 0 aromatic carbocycles. The Balaban J connectivity index is 0. The molecule has 0 amide bonds. The molecule has 0 saturated carbocycles. The Morgan fingerprint density at radius 2 is 0.800 bits per heavy atom. The molecule has 5 heavy (non-hydrogen) atoms. The van der Waals surface area contributed by atoms with E-state index in [-0.39, 0.29) is 145 Å². The molecule has 0 aromatic heterocycles. The van der Waals surface area contributed by atoms with Crippen LogP contribution < -0.4 is 139 Å². The van der Waals surface area contributed by atoms with Gasteiger partial charge in [0.05, 0.1) is 0 Å². The van der Waals surface area contributed by atoms with Crippen molar-refractivity contribution < 1.29 is 145 Å². The molecule has 0 rings (SSSR count). The van der Waals surface area contributed by atoms with E-state index in [4.69, 9.17) is 0 Å². The third kappa shape index (κ3) is 17.8. The Morgan fingerprint density at radius 3 is 0.800 bits per heavy atom. The molecule has 0 bridgehead atoms. The monoisotopic (exact) mass is 258 g/mol. The average Bonchev–Trinajstić information content (AvgIpc) is 0. The van der Waals surface area contributed by atoms with Crippen molar-refractivity contribution in [2.24, 2.45) is 0 Å². The van der Waals surface area contributed by atoms with Crippen molar-refractivity contribution in [2.45, 2.75) is 0 Å². The van der Waals surface area contributed by atoms with E-state index < -0.39 is 0 Å². The normalized spacial score (nSPS) is 0. The summed E-state index contributed by atoms with van der Waals surface area (Å²) in [5.74, 6) is 0. The van der Waals surface area contributed by atoms with Gasteiger partial charge in [0.15, 0.2) is 0 Å². The van der Waals surface area contributed by atoms with E-state index in [1.165, 1.54) is 0 Å². The van der Waals surface area contributed by atoms with Crippen LogP contribution in [0.1, 0.15) is 0 Å². The van der Waals surface area contributed by atoms with Gasteiger partial charge in [0, 0.05) is 0 Å². The van der Waals surface area contributed by atoms with Gasteiger partial charge >= 0.3 is 103 Å². The minimum absolute atomic E-state index is 0. The smallest absolute Gasteiger partial charge is 1.00 e. The van der Waals surface area contributed by atoms with Gasteiger partial charge in [0.25, 0.3) is 0 Å². The number of rotatable bonds is 0. The van der Waals surface area contributed by atoms with Crippen LogP contribution in [0.2, 0.25) is 0 Å². The fourth-order valence-corrected chi connectivity index (χ4v) is 0. The maximum absolute atomic E-state index is 0. The van der Waals surface area contributed by atoms with Crippen LogP contribution in [0.5, 0.6) is 0 Å². The van der Waals surface area contributed by atoms with Crippen molar-refractivity contribution >= 4 is 0 Å². The molecule has 0 atom stereocenters. The molecule has 1 nitrogen and oxygen atoms in total. The quantitative estimate of drug-likeness (QED) is 0.305. The van der Waals surface area contributed by atoms with Crippen molar-refractivity contribution in [1.82, 2.24) is 0 Å². The summed E-state index contributed by atoms with van der Waals surface area (Å²) in [5, 5.41) is 0. The zero-order valence-corrected chi connectivity index (χ0v) is 12.4. The van der Waals surface area contributed by atoms with Crippen molar-refractivity contribution in [2.75, 3.05) is 0 Å². The molecule has 0 aliphatic heterocycles. The van der Waals surface area contributed by atoms with Crippen LogP contribution in [0.4, 0.5) is 0 Å². The largest absolute Gasteiger partial charge is 1.00 e. The summed E-state index contributed by atoms with van der Waals surface area (Å²) in [4.78, 5) is 0. The molecule has 0 saturated heterocycles. The summed E-state index contributed by atoms with van der Waals surface area (Å²) in [6.45, 7) is 0. The molecule has 0 fully saturated rings. The van der Waals surface area contributed by atoms with Crippen LogP contribution in [0, 0.1) is 0 Å². The van der Waals surface area contributed by atoms with Crippen LogP contribution in [0.15, 0.2) is 0 Å². The Hall–Kier alpha value is 4.25. The molecule has 0 aliphatic rings. The van der Waals surface area contributed by atoms with Crippen molar-refractivity contribution in [3.63, 3.8) is 0 Å². The SMILES string of the molecule is O.[Cl-].[I-].[K+].[K+]. The summed E-state index contributed by atoms with van der Waals surface area (Å²) in [6.07, 6.45) is 0. The van der Waals surface area contributed by atoms with Gasteiger partial charge in [-0.1, -0.05) is 0 Å². The first-order valence-electron chi connectivity index (χ1n) is 0. The summed E-state index contributed by atoms with van der Waals surface area (Å²) in [5.41, 5.74) is 0. The standard InChI is InChI=1S/ClH.HI.2K.H2O/h2*1H;;;1H2/q;;2*+1;/p-2. The second-order valence-corrected chi connectivity index (χ2v) is 0.